The van der Waals surface area contributed by atoms with Gasteiger partial charge >= 0.3 is 35.4 Å². The van der Waals surface area contributed by atoms with Gasteiger partial charge in [0.25, 0.3) is 0 Å². The fourth-order valence-electron chi connectivity index (χ4n) is 5.26. The van der Waals surface area contributed by atoms with Crippen LogP contribution in [0.5, 0.6) is 0 Å². The van der Waals surface area contributed by atoms with Crippen LogP contribution in [0.4, 0.5) is 0 Å². The van der Waals surface area contributed by atoms with E-state index in [0.29, 0.717) is 22.2 Å². The minimum absolute atomic E-state index is 0. The number of nitrogens with zero attached hydrogens (tertiary/aromatic N) is 6. The molecule has 0 bridgehead atoms. The molecule has 0 amide bonds. The molecule has 4 aromatic rings. The zero-order valence-corrected chi connectivity index (χ0v) is 31.8. The molecule has 0 fully saturated rings. The molecule has 45 heavy (non-hydrogen) atoms. The zero-order chi connectivity index (χ0) is 33.6. The summed E-state index contributed by atoms with van der Waals surface area (Å²) in [6.45, 7) is 17.7. The van der Waals surface area contributed by atoms with Gasteiger partial charge < -0.3 is 0 Å². The van der Waals surface area contributed by atoms with Crippen LogP contribution in [0.15, 0.2) is 85.5 Å². The molecule has 4 rings (SSSR count). The van der Waals surface area contributed by atoms with Crippen LogP contribution in [0.25, 0.3) is 22.8 Å². The van der Waals surface area contributed by atoms with E-state index in [1.807, 2.05) is 60.9 Å². The van der Waals surface area contributed by atoms with Crippen molar-refractivity contribution < 1.29 is 15.0 Å². The van der Waals surface area contributed by atoms with Crippen molar-refractivity contribution in [1.29, 1.82) is 10.5 Å². The summed E-state index contributed by atoms with van der Waals surface area (Å²) in [7, 11) is -4.03. The molecular formula is C34H42Cl2FeN6Si2. The maximum absolute atomic E-state index is 7.59. The van der Waals surface area contributed by atoms with Gasteiger partial charge in [0.05, 0.1) is 22.8 Å². The van der Waals surface area contributed by atoms with Gasteiger partial charge in [0.2, 0.25) is 0 Å². The molecule has 0 unspecified atom stereocenters. The molecule has 238 valence electrons. The van der Waals surface area contributed by atoms with E-state index in [2.05, 4.69) is 87.5 Å². The van der Waals surface area contributed by atoms with Crippen molar-refractivity contribution in [3.8, 4) is 32.7 Å². The summed E-state index contributed by atoms with van der Waals surface area (Å²) in [5.41, 5.74) is 5.51. The summed E-state index contributed by atoms with van der Waals surface area (Å²) in [5, 5.41) is 17.6. The Morgan fingerprint density at radius 1 is 0.533 bits per heavy atom. The molecule has 0 aliphatic rings. The van der Waals surface area contributed by atoms with E-state index in [4.69, 9.17) is 32.7 Å². The summed E-state index contributed by atoms with van der Waals surface area (Å²) in [6.07, 6.45) is 7.47. The average Bonchev–Trinajstić information content (AvgIpc) is 3.05. The zero-order valence-electron chi connectivity index (χ0n) is 27.2. The second-order valence-electron chi connectivity index (χ2n) is 11.7. The number of pyridine rings is 4. The van der Waals surface area contributed by atoms with Crippen LogP contribution >= 0.6 is 22.2 Å². The van der Waals surface area contributed by atoms with Crippen LogP contribution in [0, 0.1) is 20.5 Å². The molecule has 4 aromatic heterocycles. The molecule has 0 aliphatic heterocycles. The van der Waals surface area contributed by atoms with E-state index in [0.717, 1.165) is 22.8 Å². The van der Waals surface area contributed by atoms with Gasteiger partial charge in [0.1, 0.15) is 0 Å². The fourth-order valence-corrected chi connectivity index (χ4v) is 12.5. The summed E-state index contributed by atoms with van der Waals surface area (Å²) in [6, 6.07) is 20.0. The molecule has 11 heteroatoms. The predicted molar refractivity (Wildman–Crippen MR) is 189 cm³/mol. The van der Waals surface area contributed by atoms with Crippen molar-refractivity contribution >= 4 is 47.3 Å². The molecule has 0 saturated heterocycles. The topological polar surface area (TPSA) is 99.1 Å². The van der Waals surface area contributed by atoms with Crippen molar-refractivity contribution in [3.05, 3.63) is 85.5 Å². The average molecular weight is 718 g/mol. The first-order valence-corrected chi connectivity index (χ1v) is 22.3. The van der Waals surface area contributed by atoms with E-state index in [1.54, 1.807) is 22.3 Å². The molecule has 0 saturated carbocycles. The normalized spacial score (nSPS) is 11.4. The SMILES string of the molecule is CC(C)[Si](Cl)(c1ccc(-c2ccccn2)nc1)C(C)C.CC(C)[Si](Cl)(c1ccc(-c2ccccn2)nc1)C(C)C.N#[C][Fe][C]#N. The van der Waals surface area contributed by atoms with E-state index in [-0.39, 0.29) is 15.0 Å². The van der Waals surface area contributed by atoms with Gasteiger partial charge in [-0.1, -0.05) is 79.7 Å². The Bertz CT molecular complexity index is 1390. The summed E-state index contributed by atoms with van der Waals surface area (Å²) in [5.74, 6) is 0. The third-order valence-corrected chi connectivity index (χ3v) is 23.6. The Morgan fingerprint density at radius 3 is 1.07 bits per heavy atom. The van der Waals surface area contributed by atoms with Gasteiger partial charge in [-0.05, 0) is 68.9 Å². The van der Waals surface area contributed by atoms with Crippen LogP contribution in [-0.4, -0.2) is 34.7 Å². The Balaban J connectivity index is 0.000000273. The monoisotopic (exact) mass is 716 g/mol. The molecule has 0 N–H and O–H groups in total. The molecule has 0 radical (unpaired) electrons. The number of rotatable bonds is 8. The van der Waals surface area contributed by atoms with Crippen molar-refractivity contribution in [2.24, 2.45) is 0 Å². The van der Waals surface area contributed by atoms with Gasteiger partial charge in [-0.25, -0.2) is 0 Å². The van der Waals surface area contributed by atoms with Crippen LogP contribution in [0.1, 0.15) is 55.4 Å². The van der Waals surface area contributed by atoms with E-state index in [1.165, 1.54) is 10.4 Å². The standard InChI is InChI=1S/2C16H21ClN2Si.2CN.Fe/c2*1-12(2)20(17,13(3)4)14-8-9-16(19-11-14)15-7-5-6-10-18-15;2*1-2;/h2*5-13H,1-4H3;;;. The molecule has 6 nitrogen and oxygen atoms in total. The summed E-state index contributed by atoms with van der Waals surface area (Å²) in [4.78, 5) is 21.1. The van der Waals surface area contributed by atoms with Gasteiger partial charge in [0.15, 0.2) is 14.8 Å². The number of halogens is 2. The first-order chi connectivity index (χ1) is 21.3. The van der Waals surface area contributed by atoms with E-state index < -0.39 is 14.8 Å². The molecule has 0 atom stereocenters. The van der Waals surface area contributed by atoms with Crippen LogP contribution < -0.4 is 10.4 Å². The van der Waals surface area contributed by atoms with Crippen molar-refractivity contribution in [1.82, 2.24) is 19.9 Å². The molecule has 0 spiro atoms. The Morgan fingerprint density at radius 2 is 0.867 bits per heavy atom. The predicted octanol–water partition coefficient (Wildman–Crippen LogP) is 8.74. The second kappa shape index (κ2) is 18.3. The maximum atomic E-state index is 7.59. The van der Waals surface area contributed by atoms with Gasteiger partial charge in [0, 0.05) is 24.8 Å². The molecule has 0 aliphatic carbocycles. The fraction of sp³-hybridized carbons (Fsp3) is 0.353. The third kappa shape index (κ3) is 10.0. The van der Waals surface area contributed by atoms with Crippen molar-refractivity contribution in [2.75, 3.05) is 0 Å². The Labute approximate surface area is 286 Å². The second-order valence-corrected chi connectivity index (χ2v) is 25.1. The van der Waals surface area contributed by atoms with Gasteiger partial charge in [-0.15, -0.1) is 0 Å². The van der Waals surface area contributed by atoms with Crippen molar-refractivity contribution in [3.63, 3.8) is 0 Å². The molecular weight excluding hydrogens is 675 g/mol. The summed E-state index contributed by atoms with van der Waals surface area (Å²) < 4.78 is 0. The van der Waals surface area contributed by atoms with Crippen LogP contribution in [-0.2, 0) is 15.0 Å². The number of hydrogen-bond acceptors (Lipinski definition) is 6. The number of nitriles is 2. The van der Waals surface area contributed by atoms with Crippen LogP contribution in [0.2, 0.25) is 22.2 Å². The van der Waals surface area contributed by atoms with Gasteiger partial charge in [-0.2, -0.15) is 22.2 Å². The first kappa shape index (κ1) is 38.3. The van der Waals surface area contributed by atoms with Gasteiger partial charge in [-0.3, -0.25) is 19.9 Å². The molecule has 4 heterocycles. The molecule has 0 aromatic carbocycles. The minimum atomic E-state index is -2.01. The number of hydrogen-bond donors (Lipinski definition) is 0. The Kier molecular flexibility index (Phi) is 15.6. The first-order valence-electron chi connectivity index (χ1n) is 14.9. The quantitative estimate of drug-likeness (QED) is 0.134. The summed E-state index contributed by atoms with van der Waals surface area (Å²) >= 11 is 14.0. The third-order valence-electron chi connectivity index (χ3n) is 7.71. The van der Waals surface area contributed by atoms with Crippen LogP contribution in [0.3, 0.4) is 0 Å². The van der Waals surface area contributed by atoms with E-state index in [9.17, 15) is 0 Å². The van der Waals surface area contributed by atoms with Crippen molar-refractivity contribution in [2.45, 2.75) is 77.6 Å². The Hall–Kier alpha value is -2.89. The number of aromatic nitrogens is 4. The van der Waals surface area contributed by atoms with E-state index >= 15 is 0 Å².